The summed E-state index contributed by atoms with van der Waals surface area (Å²) in [6, 6.07) is 6.28. The molecule has 0 saturated carbocycles. The van der Waals surface area contributed by atoms with Crippen molar-refractivity contribution < 1.29 is 0 Å². The highest BCUT2D eigenvalue weighted by Crippen LogP contribution is 2.33. The van der Waals surface area contributed by atoms with Gasteiger partial charge in [-0.05, 0) is 53.0 Å². The van der Waals surface area contributed by atoms with Gasteiger partial charge in [-0.2, -0.15) is 0 Å². The highest BCUT2D eigenvalue weighted by molar-refractivity contribution is 9.10. The number of nitrogens with two attached hydrogens (primary N) is 1. The molecule has 3 aromatic heterocycles. The smallest absolute Gasteiger partial charge is 0.139 e. The van der Waals surface area contributed by atoms with Gasteiger partial charge in [0.25, 0.3) is 0 Å². The molecule has 0 aliphatic heterocycles. The third kappa shape index (κ3) is 2.07. The number of imidazole rings is 1. The van der Waals surface area contributed by atoms with Crippen LogP contribution in [0.3, 0.4) is 0 Å². The molecule has 98 valence electrons. The monoisotopic (exact) mass is 335 g/mol. The average Bonchev–Trinajstić information content (AvgIpc) is 2.97. The first-order valence-corrected chi connectivity index (χ1v) is 7.74. The van der Waals surface area contributed by atoms with Crippen molar-refractivity contribution in [2.24, 2.45) is 0 Å². The SMILES string of the molecule is CCc1ccc(-c2nc3cc(C)c(Br)cn3c2N)s1. The van der Waals surface area contributed by atoms with Gasteiger partial charge in [0.2, 0.25) is 0 Å². The van der Waals surface area contributed by atoms with Crippen LogP contribution in [0.2, 0.25) is 0 Å². The Morgan fingerprint density at radius 3 is 2.89 bits per heavy atom. The van der Waals surface area contributed by atoms with E-state index in [1.54, 1.807) is 11.3 Å². The van der Waals surface area contributed by atoms with Gasteiger partial charge in [-0.3, -0.25) is 4.40 Å². The lowest BCUT2D eigenvalue weighted by Crippen LogP contribution is -1.94. The highest BCUT2D eigenvalue weighted by atomic mass is 79.9. The minimum absolute atomic E-state index is 0.695. The van der Waals surface area contributed by atoms with Crippen molar-refractivity contribution in [3.05, 3.63) is 39.3 Å². The maximum Gasteiger partial charge on any atom is 0.139 e. The van der Waals surface area contributed by atoms with Crippen molar-refractivity contribution in [3.63, 3.8) is 0 Å². The van der Waals surface area contributed by atoms with Crippen molar-refractivity contribution in [2.45, 2.75) is 20.3 Å². The van der Waals surface area contributed by atoms with E-state index >= 15 is 0 Å². The van der Waals surface area contributed by atoms with E-state index in [2.05, 4.69) is 46.9 Å². The van der Waals surface area contributed by atoms with Crippen LogP contribution in [0.4, 0.5) is 5.82 Å². The van der Waals surface area contributed by atoms with Gasteiger partial charge in [0, 0.05) is 15.5 Å². The number of hydrogen-bond donors (Lipinski definition) is 1. The van der Waals surface area contributed by atoms with Crippen molar-refractivity contribution in [3.8, 4) is 10.6 Å². The lowest BCUT2D eigenvalue weighted by molar-refractivity contribution is 1.16. The lowest BCUT2D eigenvalue weighted by Gasteiger charge is -2.00. The van der Waals surface area contributed by atoms with Crippen LogP contribution in [-0.4, -0.2) is 9.38 Å². The van der Waals surface area contributed by atoms with Crippen LogP contribution in [0.15, 0.2) is 28.9 Å². The van der Waals surface area contributed by atoms with Crippen LogP contribution >= 0.6 is 27.3 Å². The Kier molecular flexibility index (Phi) is 3.11. The number of nitrogens with zero attached hydrogens (tertiary/aromatic N) is 2. The average molecular weight is 336 g/mol. The summed E-state index contributed by atoms with van der Waals surface area (Å²) in [5, 5.41) is 0. The summed E-state index contributed by atoms with van der Waals surface area (Å²) >= 11 is 5.29. The molecule has 0 aromatic carbocycles. The van der Waals surface area contributed by atoms with Gasteiger partial charge in [-0.25, -0.2) is 4.98 Å². The Morgan fingerprint density at radius 2 is 2.21 bits per heavy atom. The molecule has 3 heterocycles. The number of anilines is 1. The zero-order valence-corrected chi connectivity index (χ0v) is 13.2. The fourth-order valence-electron chi connectivity index (χ4n) is 2.05. The topological polar surface area (TPSA) is 43.3 Å². The van der Waals surface area contributed by atoms with Crippen LogP contribution in [0.5, 0.6) is 0 Å². The molecule has 3 nitrogen and oxygen atoms in total. The second kappa shape index (κ2) is 4.65. The Bertz CT molecular complexity index is 757. The van der Waals surface area contributed by atoms with Crippen LogP contribution in [0, 0.1) is 6.92 Å². The van der Waals surface area contributed by atoms with Crippen molar-refractivity contribution >= 4 is 38.7 Å². The van der Waals surface area contributed by atoms with Gasteiger partial charge >= 0.3 is 0 Å². The number of halogens is 1. The number of nitrogen functional groups attached to an aromatic ring is 1. The summed E-state index contributed by atoms with van der Waals surface area (Å²) in [4.78, 5) is 7.14. The predicted molar refractivity (Wildman–Crippen MR) is 84.7 cm³/mol. The summed E-state index contributed by atoms with van der Waals surface area (Å²) in [6.45, 7) is 4.21. The molecule has 3 aromatic rings. The molecule has 0 fully saturated rings. The number of aromatic nitrogens is 2. The third-order valence-electron chi connectivity index (χ3n) is 3.18. The normalized spacial score (nSPS) is 11.3. The number of aryl methyl sites for hydroxylation is 2. The Morgan fingerprint density at radius 1 is 1.42 bits per heavy atom. The molecule has 0 atom stereocenters. The van der Waals surface area contributed by atoms with Crippen molar-refractivity contribution in [2.75, 3.05) is 5.73 Å². The molecule has 2 N–H and O–H groups in total. The van der Waals surface area contributed by atoms with Crippen molar-refractivity contribution in [1.29, 1.82) is 0 Å². The van der Waals surface area contributed by atoms with E-state index in [0.29, 0.717) is 5.82 Å². The molecular weight excluding hydrogens is 322 g/mol. The van der Waals surface area contributed by atoms with Gasteiger partial charge in [0.05, 0.1) is 4.88 Å². The number of pyridine rings is 1. The minimum Gasteiger partial charge on any atom is -0.383 e. The molecular formula is C14H14BrN3S. The van der Waals surface area contributed by atoms with Crippen LogP contribution in [-0.2, 0) is 6.42 Å². The van der Waals surface area contributed by atoms with E-state index in [-0.39, 0.29) is 0 Å². The highest BCUT2D eigenvalue weighted by Gasteiger charge is 2.14. The molecule has 5 heteroatoms. The molecule has 0 unspecified atom stereocenters. The first-order valence-electron chi connectivity index (χ1n) is 6.13. The van der Waals surface area contributed by atoms with E-state index < -0.39 is 0 Å². The Balaban J connectivity index is 2.22. The fourth-order valence-corrected chi connectivity index (χ4v) is 3.32. The zero-order chi connectivity index (χ0) is 13.6. The molecule has 0 radical (unpaired) electrons. The molecule has 0 aliphatic carbocycles. The van der Waals surface area contributed by atoms with Gasteiger partial charge in [-0.15, -0.1) is 11.3 Å². The van der Waals surface area contributed by atoms with Gasteiger partial charge in [-0.1, -0.05) is 6.92 Å². The lowest BCUT2D eigenvalue weighted by atomic mass is 10.3. The molecule has 3 rings (SSSR count). The predicted octanol–water partition coefficient (Wildman–Crippen LogP) is 4.28. The fraction of sp³-hybridized carbons (Fsp3) is 0.214. The Hall–Kier alpha value is -1.33. The molecule has 0 saturated heterocycles. The van der Waals surface area contributed by atoms with Crippen LogP contribution < -0.4 is 5.73 Å². The summed E-state index contributed by atoms with van der Waals surface area (Å²) in [7, 11) is 0. The number of hydrogen-bond acceptors (Lipinski definition) is 3. The molecule has 0 spiro atoms. The molecule has 19 heavy (non-hydrogen) atoms. The molecule has 0 aliphatic rings. The van der Waals surface area contributed by atoms with Crippen molar-refractivity contribution in [1.82, 2.24) is 9.38 Å². The third-order valence-corrected chi connectivity index (χ3v) is 5.25. The zero-order valence-electron chi connectivity index (χ0n) is 10.8. The van der Waals surface area contributed by atoms with Crippen LogP contribution in [0.1, 0.15) is 17.4 Å². The van der Waals surface area contributed by atoms with E-state index in [9.17, 15) is 0 Å². The number of rotatable bonds is 2. The Labute approximate surface area is 124 Å². The van der Waals surface area contributed by atoms with E-state index in [1.165, 1.54) is 4.88 Å². The van der Waals surface area contributed by atoms with Gasteiger partial charge in [0.1, 0.15) is 17.2 Å². The molecule has 0 bridgehead atoms. The maximum absolute atomic E-state index is 6.23. The first kappa shape index (κ1) is 12.7. The largest absolute Gasteiger partial charge is 0.383 e. The number of fused-ring (bicyclic) bond motifs is 1. The summed E-state index contributed by atoms with van der Waals surface area (Å²) in [5.74, 6) is 0.695. The summed E-state index contributed by atoms with van der Waals surface area (Å²) in [6.07, 6.45) is 3.02. The second-order valence-electron chi connectivity index (χ2n) is 4.50. The van der Waals surface area contributed by atoms with E-state index in [1.807, 2.05) is 16.7 Å². The second-order valence-corrected chi connectivity index (χ2v) is 6.52. The van der Waals surface area contributed by atoms with Gasteiger partial charge < -0.3 is 5.73 Å². The first-order chi connectivity index (χ1) is 9.10. The molecule has 0 amide bonds. The summed E-state index contributed by atoms with van der Waals surface area (Å²) < 4.78 is 2.97. The summed E-state index contributed by atoms with van der Waals surface area (Å²) in [5.41, 5.74) is 9.15. The maximum atomic E-state index is 6.23. The van der Waals surface area contributed by atoms with E-state index in [4.69, 9.17) is 5.73 Å². The van der Waals surface area contributed by atoms with Crippen LogP contribution in [0.25, 0.3) is 16.2 Å². The standard InChI is InChI=1S/C14H14BrN3S/c1-3-9-4-5-11(19-9)13-14(16)18-7-10(15)8(2)6-12(18)17-13/h4-7H,3,16H2,1-2H3. The number of thiophene rings is 1. The quantitative estimate of drug-likeness (QED) is 0.759. The van der Waals surface area contributed by atoms with E-state index in [0.717, 1.165) is 32.7 Å². The minimum atomic E-state index is 0.695. The van der Waals surface area contributed by atoms with Gasteiger partial charge in [0.15, 0.2) is 0 Å².